The number of hydrogen-bond acceptors (Lipinski definition) is 3. The van der Waals surface area contributed by atoms with Crippen molar-refractivity contribution in [2.45, 2.75) is 52.0 Å². The molecule has 0 aliphatic carbocycles. The van der Waals surface area contributed by atoms with E-state index in [-0.39, 0.29) is 23.4 Å². The van der Waals surface area contributed by atoms with Gasteiger partial charge < -0.3 is 10.2 Å². The Balaban J connectivity index is 2.04. The lowest BCUT2D eigenvalue weighted by molar-refractivity contribution is -0.138. The van der Waals surface area contributed by atoms with Crippen molar-refractivity contribution >= 4 is 23.6 Å². The van der Waals surface area contributed by atoms with Crippen molar-refractivity contribution in [3.8, 4) is 0 Å². The van der Waals surface area contributed by atoms with Gasteiger partial charge in [0.25, 0.3) is 0 Å². The van der Waals surface area contributed by atoms with E-state index in [9.17, 15) is 14.0 Å². The Morgan fingerprint density at radius 3 is 2.50 bits per heavy atom. The number of benzene rings is 2. The molecule has 162 valence electrons. The third-order valence-corrected chi connectivity index (χ3v) is 5.88. The van der Waals surface area contributed by atoms with Crippen LogP contribution in [0.4, 0.5) is 4.39 Å². The lowest BCUT2D eigenvalue weighted by Crippen LogP contribution is -2.48. The topological polar surface area (TPSA) is 49.4 Å². The predicted molar refractivity (Wildman–Crippen MR) is 122 cm³/mol. The molecule has 0 spiro atoms. The third kappa shape index (κ3) is 7.48. The first-order valence-corrected chi connectivity index (χ1v) is 11.5. The molecule has 0 heterocycles. The Morgan fingerprint density at radius 2 is 1.83 bits per heavy atom. The molecule has 6 heteroatoms. The SMILES string of the molecule is CCCCNC(=O)[C@H](C)N(Cc1ccc(C)cc1)C(=O)CSCc1ccccc1F. The molecule has 0 aromatic heterocycles. The second-order valence-corrected chi connectivity index (χ2v) is 8.40. The molecule has 0 aliphatic rings. The number of thioether (sulfide) groups is 1. The number of carbonyl (C=O) groups excluding carboxylic acids is 2. The number of amides is 2. The normalized spacial score (nSPS) is 11.7. The van der Waals surface area contributed by atoms with Crippen molar-refractivity contribution < 1.29 is 14.0 Å². The number of rotatable bonds is 11. The van der Waals surface area contributed by atoms with Gasteiger partial charge in [0.1, 0.15) is 11.9 Å². The fraction of sp³-hybridized carbons (Fsp3) is 0.417. The number of nitrogens with one attached hydrogen (secondary N) is 1. The smallest absolute Gasteiger partial charge is 0.242 e. The zero-order chi connectivity index (χ0) is 21.9. The summed E-state index contributed by atoms with van der Waals surface area (Å²) >= 11 is 1.36. The van der Waals surface area contributed by atoms with E-state index < -0.39 is 6.04 Å². The molecule has 0 saturated heterocycles. The molecular formula is C24H31FN2O2S. The number of unbranched alkanes of at least 4 members (excludes halogenated alkanes) is 1. The highest BCUT2D eigenvalue weighted by Crippen LogP contribution is 2.18. The predicted octanol–water partition coefficient (Wildman–Crippen LogP) is 4.70. The zero-order valence-electron chi connectivity index (χ0n) is 18.0. The Morgan fingerprint density at radius 1 is 1.13 bits per heavy atom. The maximum atomic E-state index is 13.8. The summed E-state index contributed by atoms with van der Waals surface area (Å²) in [6, 6.07) is 13.9. The Hall–Kier alpha value is -2.34. The van der Waals surface area contributed by atoms with Gasteiger partial charge in [0.15, 0.2) is 0 Å². The highest BCUT2D eigenvalue weighted by atomic mass is 32.2. The zero-order valence-corrected chi connectivity index (χ0v) is 18.8. The van der Waals surface area contributed by atoms with Gasteiger partial charge >= 0.3 is 0 Å². The first-order valence-electron chi connectivity index (χ1n) is 10.4. The molecule has 2 rings (SSSR count). The summed E-state index contributed by atoms with van der Waals surface area (Å²) in [4.78, 5) is 27.2. The van der Waals surface area contributed by atoms with Gasteiger partial charge in [-0.05, 0) is 37.5 Å². The van der Waals surface area contributed by atoms with Crippen molar-refractivity contribution in [3.05, 3.63) is 71.0 Å². The summed E-state index contributed by atoms with van der Waals surface area (Å²) in [5.41, 5.74) is 2.69. The first kappa shape index (κ1) is 23.9. The molecule has 1 atom stereocenters. The summed E-state index contributed by atoms with van der Waals surface area (Å²) < 4.78 is 13.8. The minimum atomic E-state index is -0.579. The summed E-state index contributed by atoms with van der Waals surface area (Å²) in [6.45, 7) is 6.80. The van der Waals surface area contributed by atoms with Crippen molar-refractivity contribution in [1.82, 2.24) is 10.2 Å². The maximum Gasteiger partial charge on any atom is 0.242 e. The lowest BCUT2D eigenvalue weighted by Gasteiger charge is -2.29. The summed E-state index contributed by atoms with van der Waals surface area (Å²) in [5.74, 6) is 0.0522. The average molecular weight is 431 g/mol. The number of hydrogen-bond donors (Lipinski definition) is 1. The molecule has 4 nitrogen and oxygen atoms in total. The maximum absolute atomic E-state index is 13.8. The second kappa shape index (κ2) is 12.4. The van der Waals surface area contributed by atoms with Gasteiger partial charge in [0.05, 0.1) is 5.75 Å². The Kier molecular flexibility index (Phi) is 9.87. The van der Waals surface area contributed by atoms with Crippen LogP contribution in [0.5, 0.6) is 0 Å². The van der Waals surface area contributed by atoms with E-state index in [2.05, 4.69) is 12.2 Å². The number of halogens is 1. The lowest BCUT2D eigenvalue weighted by atomic mass is 10.1. The molecule has 2 aromatic carbocycles. The van der Waals surface area contributed by atoms with Gasteiger partial charge in [-0.25, -0.2) is 4.39 Å². The van der Waals surface area contributed by atoms with E-state index in [0.29, 0.717) is 24.4 Å². The largest absolute Gasteiger partial charge is 0.354 e. The van der Waals surface area contributed by atoms with E-state index in [1.807, 2.05) is 31.2 Å². The van der Waals surface area contributed by atoms with Crippen LogP contribution in [0, 0.1) is 12.7 Å². The van der Waals surface area contributed by atoms with E-state index in [1.54, 1.807) is 30.0 Å². The molecular weight excluding hydrogens is 399 g/mol. The highest BCUT2D eigenvalue weighted by molar-refractivity contribution is 7.99. The molecule has 0 saturated carbocycles. The first-order chi connectivity index (χ1) is 14.4. The second-order valence-electron chi connectivity index (χ2n) is 7.41. The van der Waals surface area contributed by atoms with Crippen LogP contribution in [-0.2, 0) is 21.9 Å². The standard InChI is InChI=1S/C24H31FN2O2S/c1-4-5-14-26-24(29)19(3)27(15-20-12-10-18(2)11-13-20)23(28)17-30-16-21-8-6-7-9-22(21)25/h6-13,19H,4-5,14-17H2,1-3H3,(H,26,29)/t19-/m0/s1. The summed E-state index contributed by atoms with van der Waals surface area (Å²) in [7, 11) is 0. The van der Waals surface area contributed by atoms with Crippen LogP contribution in [-0.4, -0.2) is 35.1 Å². The number of aryl methyl sites for hydroxylation is 1. The van der Waals surface area contributed by atoms with Crippen molar-refractivity contribution in [1.29, 1.82) is 0 Å². The Bertz CT molecular complexity index is 826. The van der Waals surface area contributed by atoms with Gasteiger partial charge in [0, 0.05) is 18.8 Å². The van der Waals surface area contributed by atoms with E-state index in [0.717, 1.165) is 24.0 Å². The molecule has 0 unspecified atom stereocenters. The molecule has 0 fully saturated rings. The van der Waals surface area contributed by atoms with Crippen LogP contribution in [0.3, 0.4) is 0 Å². The highest BCUT2D eigenvalue weighted by Gasteiger charge is 2.25. The Labute approximate surface area is 183 Å². The van der Waals surface area contributed by atoms with Gasteiger partial charge in [-0.2, -0.15) is 0 Å². The van der Waals surface area contributed by atoms with Crippen LogP contribution in [0.1, 0.15) is 43.4 Å². The summed E-state index contributed by atoms with van der Waals surface area (Å²) in [6.07, 6.45) is 1.90. The van der Waals surface area contributed by atoms with Gasteiger partial charge in [-0.1, -0.05) is 61.4 Å². The monoisotopic (exact) mass is 430 g/mol. The van der Waals surface area contributed by atoms with Crippen molar-refractivity contribution in [3.63, 3.8) is 0 Å². The molecule has 0 aliphatic heterocycles. The van der Waals surface area contributed by atoms with Gasteiger partial charge in [0.2, 0.25) is 11.8 Å². The van der Waals surface area contributed by atoms with Gasteiger partial charge in [-0.15, -0.1) is 11.8 Å². The number of nitrogens with zero attached hydrogens (tertiary/aromatic N) is 1. The van der Waals surface area contributed by atoms with Crippen LogP contribution >= 0.6 is 11.8 Å². The van der Waals surface area contributed by atoms with E-state index >= 15 is 0 Å². The minimum absolute atomic E-state index is 0.130. The van der Waals surface area contributed by atoms with Crippen LogP contribution in [0.15, 0.2) is 48.5 Å². The van der Waals surface area contributed by atoms with E-state index in [4.69, 9.17) is 0 Å². The van der Waals surface area contributed by atoms with Gasteiger partial charge in [-0.3, -0.25) is 9.59 Å². The number of carbonyl (C=O) groups is 2. The molecule has 2 aromatic rings. The van der Waals surface area contributed by atoms with Crippen LogP contribution in [0.2, 0.25) is 0 Å². The molecule has 0 bridgehead atoms. The molecule has 2 amide bonds. The fourth-order valence-electron chi connectivity index (χ4n) is 2.96. The van der Waals surface area contributed by atoms with Crippen molar-refractivity contribution in [2.24, 2.45) is 0 Å². The average Bonchev–Trinajstić information content (AvgIpc) is 2.74. The quantitative estimate of drug-likeness (QED) is 0.526. The third-order valence-electron chi connectivity index (χ3n) is 4.91. The van der Waals surface area contributed by atoms with Crippen LogP contribution in [0.25, 0.3) is 0 Å². The molecule has 1 N–H and O–H groups in total. The molecule has 0 radical (unpaired) electrons. The van der Waals surface area contributed by atoms with Crippen molar-refractivity contribution in [2.75, 3.05) is 12.3 Å². The molecule has 30 heavy (non-hydrogen) atoms. The van der Waals surface area contributed by atoms with E-state index in [1.165, 1.54) is 17.8 Å². The minimum Gasteiger partial charge on any atom is -0.354 e. The summed E-state index contributed by atoms with van der Waals surface area (Å²) in [5, 5.41) is 2.91. The van der Waals surface area contributed by atoms with Crippen LogP contribution < -0.4 is 5.32 Å². The fourth-order valence-corrected chi connectivity index (χ4v) is 3.85.